The van der Waals surface area contributed by atoms with Crippen LogP contribution in [0, 0.1) is 15.4 Å². The number of halogens is 4. The molecule has 0 saturated carbocycles. The summed E-state index contributed by atoms with van der Waals surface area (Å²) in [6.07, 6.45) is -4.38. The maximum absolute atomic E-state index is 12.5. The average Bonchev–Trinajstić information content (AvgIpc) is 2.27. The second kappa shape index (κ2) is 5.61. The standard InChI is InChI=1S/C12H9F3INO/c1-3-4-11(18)17(2)10-6-5-8(7-9(10)16)12(13,14)15/h5-7H,1-2H3. The zero-order chi connectivity index (χ0) is 13.9. The van der Waals surface area contributed by atoms with Crippen LogP contribution in [0.5, 0.6) is 0 Å². The molecule has 0 unspecified atom stereocenters. The summed E-state index contributed by atoms with van der Waals surface area (Å²) in [5, 5.41) is 0. The number of anilines is 1. The SMILES string of the molecule is CC#CC(=O)N(C)c1ccc(C(F)(F)F)cc1I. The molecule has 0 aromatic heterocycles. The Bertz CT molecular complexity index is 528. The third-order valence-corrected chi connectivity index (χ3v) is 3.04. The highest BCUT2D eigenvalue weighted by atomic mass is 127. The number of alkyl halides is 3. The number of amides is 1. The van der Waals surface area contributed by atoms with Gasteiger partial charge in [-0.05, 0) is 53.6 Å². The number of nitrogens with zero attached hydrogens (tertiary/aromatic N) is 1. The van der Waals surface area contributed by atoms with Gasteiger partial charge >= 0.3 is 12.1 Å². The van der Waals surface area contributed by atoms with E-state index in [0.717, 1.165) is 12.1 Å². The van der Waals surface area contributed by atoms with Crippen molar-refractivity contribution in [1.29, 1.82) is 0 Å². The van der Waals surface area contributed by atoms with Crippen molar-refractivity contribution < 1.29 is 18.0 Å². The molecule has 1 amide bonds. The zero-order valence-corrected chi connectivity index (χ0v) is 11.8. The van der Waals surface area contributed by atoms with Crippen LogP contribution >= 0.6 is 22.6 Å². The molecule has 0 saturated heterocycles. The minimum atomic E-state index is -4.38. The Hall–Kier alpha value is -1.23. The Morgan fingerprint density at radius 2 is 2.00 bits per heavy atom. The predicted molar refractivity (Wildman–Crippen MR) is 71.0 cm³/mol. The summed E-state index contributed by atoms with van der Waals surface area (Å²) in [6.45, 7) is 1.52. The smallest absolute Gasteiger partial charge is 0.304 e. The molecule has 6 heteroatoms. The number of carbonyl (C=O) groups is 1. The van der Waals surface area contributed by atoms with Gasteiger partial charge in [-0.25, -0.2) is 0 Å². The largest absolute Gasteiger partial charge is 0.416 e. The second-order valence-corrected chi connectivity index (χ2v) is 4.57. The first-order chi connectivity index (χ1) is 8.27. The lowest BCUT2D eigenvalue weighted by atomic mass is 10.2. The minimum Gasteiger partial charge on any atom is -0.304 e. The second-order valence-electron chi connectivity index (χ2n) is 3.40. The summed E-state index contributed by atoms with van der Waals surface area (Å²) in [7, 11) is 1.47. The van der Waals surface area contributed by atoms with Gasteiger partial charge in [-0.3, -0.25) is 4.79 Å². The third-order valence-electron chi connectivity index (χ3n) is 2.17. The lowest BCUT2D eigenvalue weighted by molar-refractivity contribution is -0.137. The van der Waals surface area contributed by atoms with Gasteiger partial charge in [-0.15, -0.1) is 0 Å². The normalized spacial score (nSPS) is 10.6. The lowest BCUT2D eigenvalue weighted by Gasteiger charge is -2.17. The van der Waals surface area contributed by atoms with E-state index in [1.807, 2.05) is 0 Å². The van der Waals surface area contributed by atoms with Crippen molar-refractivity contribution in [2.45, 2.75) is 13.1 Å². The van der Waals surface area contributed by atoms with Crippen LogP contribution in [-0.4, -0.2) is 13.0 Å². The van der Waals surface area contributed by atoms with E-state index in [0.29, 0.717) is 9.26 Å². The van der Waals surface area contributed by atoms with Crippen LogP contribution < -0.4 is 4.90 Å². The van der Waals surface area contributed by atoms with Crippen molar-refractivity contribution in [2.24, 2.45) is 0 Å². The molecule has 0 fully saturated rings. The fraction of sp³-hybridized carbons (Fsp3) is 0.250. The molecule has 0 aliphatic carbocycles. The van der Waals surface area contributed by atoms with Gasteiger partial charge in [-0.1, -0.05) is 5.92 Å². The van der Waals surface area contributed by atoms with Gasteiger partial charge in [-0.2, -0.15) is 13.2 Å². The molecule has 18 heavy (non-hydrogen) atoms. The molecule has 1 rings (SSSR count). The summed E-state index contributed by atoms with van der Waals surface area (Å²) in [5.74, 6) is 4.31. The van der Waals surface area contributed by atoms with Crippen LogP contribution in [0.25, 0.3) is 0 Å². The monoisotopic (exact) mass is 367 g/mol. The first kappa shape index (κ1) is 14.8. The Balaban J connectivity index is 3.13. The third kappa shape index (κ3) is 3.38. The maximum atomic E-state index is 12.5. The van der Waals surface area contributed by atoms with Crippen LogP contribution in [0.15, 0.2) is 18.2 Å². The van der Waals surface area contributed by atoms with Crippen molar-refractivity contribution in [3.63, 3.8) is 0 Å². The first-order valence-corrected chi connectivity index (χ1v) is 5.92. The fourth-order valence-corrected chi connectivity index (χ4v) is 2.13. The summed E-state index contributed by atoms with van der Waals surface area (Å²) >= 11 is 1.76. The van der Waals surface area contributed by atoms with Crippen molar-refractivity contribution in [3.8, 4) is 11.8 Å². The molecule has 2 nitrogen and oxygen atoms in total. The number of benzene rings is 1. The van der Waals surface area contributed by atoms with Gasteiger partial charge in [0.1, 0.15) is 0 Å². The highest BCUT2D eigenvalue weighted by Gasteiger charge is 2.31. The average molecular weight is 367 g/mol. The molecular formula is C12H9F3INO. The molecule has 0 spiro atoms. The Morgan fingerprint density at radius 3 is 2.44 bits per heavy atom. The number of hydrogen-bond acceptors (Lipinski definition) is 1. The van der Waals surface area contributed by atoms with E-state index in [-0.39, 0.29) is 0 Å². The first-order valence-electron chi connectivity index (χ1n) is 4.84. The Kier molecular flexibility index (Phi) is 4.62. The van der Waals surface area contributed by atoms with Crippen molar-refractivity contribution in [3.05, 3.63) is 27.3 Å². The molecule has 0 radical (unpaired) electrons. The number of rotatable bonds is 1. The van der Waals surface area contributed by atoms with E-state index in [9.17, 15) is 18.0 Å². The molecule has 0 aliphatic rings. The number of carbonyl (C=O) groups excluding carboxylic acids is 1. The van der Waals surface area contributed by atoms with E-state index in [1.54, 1.807) is 22.6 Å². The molecule has 0 aliphatic heterocycles. The summed E-state index contributed by atoms with van der Waals surface area (Å²) in [5.41, 5.74) is -0.338. The van der Waals surface area contributed by atoms with Gasteiger partial charge < -0.3 is 4.90 Å². The molecule has 0 N–H and O–H groups in total. The molecule has 0 heterocycles. The number of hydrogen-bond donors (Lipinski definition) is 0. The van der Waals surface area contributed by atoms with E-state index < -0.39 is 17.6 Å². The summed E-state index contributed by atoms with van der Waals surface area (Å²) in [6, 6.07) is 3.21. The highest BCUT2D eigenvalue weighted by Crippen LogP contribution is 2.33. The molecule has 96 valence electrons. The summed E-state index contributed by atoms with van der Waals surface area (Å²) < 4.78 is 37.8. The van der Waals surface area contributed by atoms with E-state index in [4.69, 9.17) is 0 Å². The maximum Gasteiger partial charge on any atom is 0.416 e. The molecular weight excluding hydrogens is 358 g/mol. The summed E-state index contributed by atoms with van der Waals surface area (Å²) in [4.78, 5) is 12.7. The minimum absolute atomic E-state index is 0.344. The van der Waals surface area contributed by atoms with Crippen molar-refractivity contribution >= 4 is 34.2 Å². The molecule has 1 aromatic carbocycles. The predicted octanol–water partition coefficient (Wildman–Crippen LogP) is 3.30. The fourth-order valence-electron chi connectivity index (χ4n) is 1.26. The lowest BCUT2D eigenvalue weighted by Crippen LogP contribution is -2.25. The van der Waals surface area contributed by atoms with Gasteiger partial charge in [0, 0.05) is 10.6 Å². The van der Waals surface area contributed by atoms with Gasteiger partial charge in [0.25, 0.3) is 0 Å². The van der Waals surface area contributed by atoms with Gasteiger partial charge in [0.2, 0.25) is 0 Å². The van der Waals surface area contributed by atoms with E-state index in [1.165, 1.54) is 24.9 Å². The van der Waals surface area contributed by atoms with Gasteiger partial charge in [0.15, 0.2) is 0 Å². The van der Waals surface area contributed by atoms with Crippen LogP contribution in [-0.2, 0) is 11.0 Å². The molecule has 0 atom stereocenters. The van der Waals surface area contributed by atoms with Crippen LogP contribution in [0.1, 0.15) is 12.5 Å². The van der Waals surface area contributed by atoms with Crippen LogP contribution in [0.3, 0.4) is 0 Å². The van der Waals surface area contributed by atoms with E-state index in [2.05, 4.69) is 11.8 Å². The Morgan fingerprint density at radius 1 is 1.39 bits per heavy atom. The van der Waals surface area contributed by atoms with Gasteiger partial charge in [0.05, 0.1) is 11.3 Å². The molecule has 0 bridgehead atoms. The van der Waals surface area contributed by atoms with Crippen molar-refractivity contribution in [2.75, 3.05) is 11.9 Å². The zero-order valence-electron chi connectivity index (χ0n) is 9.60. The molecule has 1 aromatic rings. The van der Waals surface area contributed by atoms with Crippen LogP contribution in [0.2, 0.25) is 0 Å². The topological polar surface area (TPSA) is 20.3 Å². The van der Waals surface area contributed by atoms with Crippen LogP contribution in [0.4, 0.5) is 18.9 Å². The van der Waals surface area contributed by atoms with Crippen molar-refractivity contribution in [1.82, 2.24) is 0 Å². The quantitative estimate of drug-likeness (QED) is 0.551. The van der Waals surface area contributed by atoms with E-state index >= 15 is 0 Å². The Labute approximate surface area is 116 Å². The highest BCUT2D eigenvalue weighted by molar-refractivity contribution is 14.1.